The van der Waals surface area contributed by atoms with E-state index in [4.69, 9.17) is 0 Å². The van der Waals surface area contributed by atoms with Gasteiger partial charge < -0.3 is 15.3 Å². The highest BCUT2D eigenvalue weighted by atomic mass is 32.1. The van der Waals surface area contributed by atoms with Crippen LogP contribution in [-0.4, -0.2) is 16.5 Å². The quantitative estimate of drug-likeness (QED) is 0.645. The van der Waals surface area contributed by atoms with E-state index in [0.717, 1.165) is 12.1 Å². The maximum atomic E-state index is 11.5. The molecule has 5 nitrogen and oxygen atoms in total. The van der Waals surface area contributed by atoms with Gasteiger partial charge in [0.2, 0.25) is 0 Å². The second kappa shape index (κ2) is 5.67. The van der Waals surface area contributed by atoms with Gasteiger partial charge >= 0.3 is 11.1 Å². The standard InChI is InChI=1S/C15H15N3O2S/c1-2-16-13(10-5-6-21-8-10)9-3-4-11-12(7-9)18-15(20)14(19)17-11/h3-8,13,16H,2H2,1H3,(H,17,19)(H,18,20). The molecule has 0 saturated carbocycles. The fraction of sp³-hybridized carbons (Fsp3) is 0.200. The van der Waals surface area contributed by atoms with Gasteiger partial charge in [-0.15, -0.1) is 0 Å². The van der Waals surface area contributed by atoms with Crippen LogP contribution in [0.2, 0.25) is 0 Å². The molecule has 2 heterocycles. The molecule has 2 aromatic heterocycles. The van der Waals surface area contributed by atoms with Crippen molar-refractivity contribution in [2.75, 3.05) is 6.54 Å². The van der Waals surface area contributed by atoms with Crippen molar-refractivity contribution in [3.63, 3.8) is 0 Å². The minimum absolute atomic E-state index is 0.0704. The van der Waals surface area contributed by atoms with Gasteiger partial charge in [-0.1, -0.05) is 13.0 Å². The van der Waals surface area contributed by atoms with Crippen LogP contribution in [0.15, 0.2) is 44.6 Å². The Hall–Kier alpha value is -2.18. The normalized spacial score (nSPS) is 12.6. The molecule has 0 aliphatic heterocycles. The molecule has 108 valence electrons. The molecule has 1 aromatic carbocycles. The van der Waals surface area contributed by atoms with Crippen LogP contribution in [0.3, 0.4) is 0 Å². The summed E-state index contributed by atoms with van der Waals surface area (Å²) in [4.78, 5) is 28.0. The third-order valence-electron chi connectivity index (χ3n) is 3.36. The summed E-state index contributed by atoms with van der Waals surface area (Å²) < 4.78 is 0. The second-order valence-corrected chi connectivity index (χ2v) is 5.54. The molecule has 0 bridgehead atoms. The number of benzene rings is 1. The van der Waals surface area contributed by atoms with E-state index in [1.54, 1.807) is 11.3 Å². The van der Waals surface area contributed by atoms with Crippen molar-refractivity contribution >= 4 is 22.4 Å². The monoisotopic (exact) mass is 301 g/mol. The van der Waals surface area contributed by atoms with Crippen molar-refractivity contribution < 1.29 is 0 Å². The molecular formula is C15H15N3O2S. The number of aromatic amines is 2. The number of thiophene rings is 1. The Morgan fingerprint density at radius 2 is 1.86 bits per heavy atom. The highest BCUT2D eigenvalue weighted by Crippen LogP contribution is 2.25. The lowest BCUT2D eigenvalue weighted by molar-refractivity contribution is 0.633. The zero-order valence-corrected chi connectivity index (χ0v) is 12.3. The van der Waals surface area contributed by atoms with Crippen molar-refractivity contribution in [1.29, 1.82) is 0 Å². The van der Waals surface area contributed by atoms with E-state index >= 15 is 0 Å². The van der Waals surface area contributed by atoms with Crippen molar-refractivity contribution in [3.05, 3.63) is 66.9 Å². The Labute approximate surface area is 124 Å². The number of H-pyrrole nitrogens is 2. The molecule has 0 aliphatic carbocycles. The first-order valence-corrected chi connectivity index (χ1v) is 7.65. The van der Waals surface area contributed by atoms with Crippen LogP contribution in [0.1, 0.15) is 24.1 Å². The molecule has 3 rings (SSSR count). The summed E-state index contributed by atoms with van der Waals surface area (Å²) in [6.07, 6.45) is 0. The number of nitrogens with one attached hydrogen (secondary N) is 3. The van der Waals surface area contributed by atoms with Gasteiger partial charge in [0.25, 0.3) is 0 Å². The predicted molar refractivity (Wildman–Crippen MR) is 85.0 cm³/mol. The fourth-order valence-corrected chi connectivity index (χ4v) is 3.07. The van der Waals surface area contributed by atoms with Gasteiger partial charge in [-0.25, -0.2) is 0 Å². The van der Waals surface area contributed by atoms with Gasteiger partial charge in [0, 0.05) is 0 Å². The van der Waals surface area contributed by atoms with Crippen LogP contribution in [0.25, 0.3) is 11.0 Å². The first kappa shape index (κ1) is 13.8. The third kappa shape index (κ3) is 2.68. The lowest BCUT2D eigenvalue weighted by Crippen LogP contribution is -2.29. The first-order chi connectivity index (χ1) is 10.2. The summed E-state index contributed by atoms with van der Waals surface area (Å²) in [5.74, 6) is 0. The zero-order valence-electron chi connectivity index (χ0n) is 11.5. The fourth-order valence-electron chi connectivity index (χ4n) is 2.38. The highest BCUT2D eigenvalue weighted by molar-refractivity contribution is 7.08. The van der Waals surface area contributed by atoms with Crippen molar-refractivity contribution in [1.82, 2.24) is 15.3 Å². The molecule has 3 N–H and O–H groups in total. The summed E-state index contributed by atoms with van der Waals surface area (Å²) in [5.41, 5.74) is 2.24. The summed E-state index contributed by atoms with van der Waals surface area (Å²) in [6, 6.07) is 7.83. The maximum absolute atomic E-state index is 11.5. The maximum Gasteiger partial charge on any atom is 0.314 e. The Morgan fingerprint density at radius 1 is 1.10 bits per heavy atom. The molecule has 0 radical (unpaired) electrons. The average Bonchev–Trinajstić information content (AvgIpc) is 2.99. The highest BCUT2D eigenvalue weighted by Gasteiger charge is 2.14. The first-order valence-electron chi connectivity index (χ1n) is 6.71. The van der Waals surface area contributed by atoms with Gasteiger partial charge in [0.1, 0.15) is 0 Å². The van der Waals surface area contributed by atoms with Crippen LogP contribution >= 0.6 is 11.3 Å². The molecule has 0 aliphatic rings. The molecule has 3 aromatic rings. The lowest BCUT2D eigenvalue weighted by Gasteiger charge is -2.17. The predicted octanol–water partition coefficient (Wildman–Crippen LogP) is 1.98. The second-order valence-electron chi connectivity index (χ2n) is 4.76. The molecule has 6 heteroatoms. The number of hydrogen-bond donors (Lipinski definition) is 3. The lowest BCUT2D eigenvalue weighted by atomic mass is 10.0. The molecular weight excluding hydrogens is 286 g/mol. The SMILES string of the molecule is CCNC(c1ccsc1)c1ccc2[nH]c(=O)c(=O)[nH]c2c1. The van der Waals surface area contributed by atoms with Gasteiger partial charge in [-0.05, 0) is 46.6 Å². The Bertz CT molecular complexity index is 865. The van der Waals surface area contributed by atoms with E-state index < -0.39 is 11.1 Å². The van der Waals surface area contributed by atoms with E-state index in [0.29, 0.717) is 11.0 Å². The van der Waals surface area contributed by atoms with Crippen LogP contribution in [-0.2, 0) is 0 Å². The van der Waals surface area contributed by atoms with Crippen LogP contribution in [0.5, 0.6) is 0 Å². The molecule has 0 saturated heterocycles. The van der Waals surface area contributed by atoms with E-state index in [1.807, 2.05) is 23.6 Å². The van der Waals surface area contributed by atoms with E-state index in [9.17, 15) is 9.59 Å². The van der Waals surface area contributed by atoms with E-state index in [-0.39, 0.29) is 6.04 Å². The smallest absolute Gasteiger partial charge is 0.314 e. The van der Waals surface area contributed by atoms with Crippen LogP contribution in [0.4, 0.5) is 0 Å². The summed E-state index contributed by atoms with van der Waals surface area (Å²) in [5, 5.41) is 7.58. The molecule has 1 atom stereocenters. The summed E-state index contributed by atoms with van der Waals surface area (Å²) in [6.45, 7) is 2.89. The molecule has 1 unspecified atom stereocenters. The van der Waals surface area contributed by atoms with Gasteiger partial charge in [0.15, 0.2) is 0 Å². The molecule has 21 heavy (non-hydrogen) atoms. The van der Waals surface area contributed by atoms with E-state index in [1.165, 1.54) is 5.56 Å². The number of fused-ring (bicyclic) bond motifs is 1. The summed E-state index contributed by atoms with van der Waals surface area (Å²) in [7, 11) is 0. The largest absolute Gasteiger partial charge is 0.316 e. The number of aromatic nitrogens is 2. The van der Waals surface area contributed by atoms with E-state index in [2.05, 4.69) is 33.7 Å². The van der Waals surface area contributed by atoms with Gasteiger partial charge in [-0.2, -0.15) is 11.3 Å². The Kier molecular flexibility index (Phi) is 3.72. The van der Waals surface area contributed by atoms with Crippen molar-refractivity contribution in [3.8, 4) is 0 Å². The minimum Gasteiger partial charge on any atom is -0.316 e. The number of hydrogen-bond acceptors (Lipinski definition) is 4. The molecule has 0 spiro atoms. The average molecular weight is 301 g/mol. The molecule has 0 fully saturated rings. The summed E-state index contributed by atoms with van der Waals surface area (Å²) >= 11 is 1.65. The van der Waals surface area contributed by atoms with Crippen molar-refractivity contribution in [2.24, 2.45) is 0 Å². The third-order valence-corrected chi connectivity index (χ3v) is 4.07. The van der Waals surface area contributed by atoms with Crippen molar-refractivity contribution in [2.45, 2.75) is 13.0 Å². The topological polar surface area (TPSA) is 77.8 Å². The number of rotatable bonds is 4. The van der Waals surface area contributed by atoms with Crippen LogP contribution < -0.4 is 16.4 Å². The zero-order chi connectivity index (χ0) is 14.8. The molecule has 0 amide bonds. The Morgan fingerprint density at radius 3 is 2.52 bits per heavy atom. The van der Waals surface area contributed by atoms with Crippen LogP contribution in [0, 0.1) is 0 Å². The van der Waals surface area contributed by atoms with Gasteiger partial charge in [-0.3, -0.25) is 9.59 Å². The minimum atomic E-state index is -0.629. The van der Waals surface area contributed by atoms with Gasteiger partial charge in [0.05, 0.1) is 17.1 Å². The Balaban J connectivity index is 2.12.